The van der Waals surface area contributed by atoms with E-state index in [4.69, 9.17) is 0 Å². The van der Waals surface area contributed by atoms with Gasteiger partial charge in [-0.25, -0.2) is 0 Å². The van der Waals surface area contributed by atoms with Crippen LogP contribution in [-0.2, 0) is 0 Å². The minimum absolute atomic E-state index is 0.145. The molecule has 1 aliphatic rings. The highest BCUT2D eigenvalue weighted by Gasteiger charge is 2.22. The Balaban J connectivity index is 2.65. The third-order valence-corrected chi connectivity index (χ3v) is 2.18. The summed E-state index contributed by atoms with van der Waals surface area (Å²) in [6.07, 6.45) is 3.46. The van der Waals surface area contributed by atoms with E-state index in [2.05, 4.69) is 26.8 Å². The van der Waals surface area contributed by atoms with E-state index in [9.17, 15) is 10.2 Å². The van der Waals surface area contributed by atoms with Gasteiger partial charge in [0.05, 0.1) is 12.2 Å². The van der Waals surface area contributed by atoms with Crippen molar-refractivity contribution in [1.82, 2.24) is 0 Å². The van der Waals surface area contributed by atoms with Gasteiger partial charge in [0.2, 0.25) is 0 Å². The molecule has 0 bridgehead atoms. The lowest BCUT2D eigenvalue weighted by Crippen LogP contribution is -2.25. The van der Waals surface area contributed by atoms with Gasteiger partial charge in [0.1, 0.15) is 0 Å². The molecule has 1 saturated carbocycles. The van der Waals surface area contributed by atoms with Crippen molar-refractivity contribution in [2.75, 3.05) is 0 Å². The third-order valence-electron chi connectivity index (χ3n) is 2.18. The highest BCUT2D eigenvalue weighted by Crippen LogP contribution is 2.28. The second-order valence-electron chi connectivity index (χ2n) is 5.12. The van der Waals surface area contributed by atoms with E-state index in [1.807, 2.05) is 0 Å². The topological polar surface area (TPSA) is 40.5 Å². The number of hydrogen-bond acceptors (Lipinski definition) is 2. The Bertz CT molecular complexity index is 189. The molecule has 76 valence electrons. The molecule has 2 N–H and O–H groups in total. The largest absolute Gasteiger partial charge is 0.393 e. The first-order chi connectivity index (χ1) is 5.87. The zero-order chi connectivity index (χ0) is 10.1. The molecule has 0 aromatic rings. The molecule has 1 rings (SSSR count). The maximum atomic E-state index is 9.45. The van der Waals surface area contributed by atoms with Crippen LogP contribution in [0.4, 0.5) is 0 Å². The molecule has 2 nitrogen and oxygen atoms in total. The molecule has 0 unspecified atom stereocenters. The molecule has 0 saturated heterocycles. The normalized spacial score (nSPS) is 33.8. The predicted molar refractivity (Wildman–Crippen MR) is 53.4 cm³/mol. The minimum Gasteiger partial charge on any atom is -0.393 e. The van der Waals surface area contributed by atoms with Gasteiger partial charge in [-0.2, -0.15) is 0 Å². The number of hydrogen-bond donors (Lipinski definition) is 2. The van der Waals surface area contributed by atoms with E-state index < -0.39 is 0 Å². The van der Waals surface area contributed by atoms with Crippen LogP contribution in [0.3, 0.4) is 0 Å². The van der Waals surface area contributed by atoms with Crippen molar-refractivity contribution < 1.29 is 10.2 Å². The Hall–Kier alpha value is -0.340. The zero-order valence-corrected chi connectivity index (χ0v) is 8.75. The lowest BCUT2D eigenvalue weighted by atomic mass is 9.84. The molecule has 13 heavy (non-hydrogen) atoms. The van der Waals surface area contributed by atoms with Crippen LogP contribution in [0.15, 0.2) is 11.6 Å². The fourth-order valence-electron chi connectivity index (χ4n) is 1.90. The van der Waals surface area contributed by atoms with E-state index in [1.54, 1.807) is 0 Å². The van der Waals surface area contributed by atoms with Gasteiger partial charge in [-0.1, -0.05) is 32.4 Å². The lowest BCUT2D eigenvalue weighted by Gasteiger charge is -2.26. The Labute approximate surface area is 80.3 Å². The average molecular weight is 184 g/mol. The van der Waals surface area contributed by atoms with Crippen molar-refractivity contribution in [3.05, 3.63) is 11.6 Å². The van der Waals surface area contributed by atoms with E-state index in [0.717, 1.165) is 12.8 Å². The predicted octanol–water partition coefficient (Wildman–Crippen LogP) is 1.86. The summed E-state index contributed by atoms with van der Waals surface area (Å²) in [7, 11) is 0. The van der Waals surface area contributed by atoms with Gasteiger partial charge in [0.15, 0.2) is 0 Å². The van der Waals surface area contributed by atoms with Gasteiger partial charge in [-0.3, -0.25) is 0 Å². The molecule has 2 heteroatoms. The summed E-state index contributed by atoms with van der Waals surface area (Å²) in [6.45, 7) is 6.40. The Kier molecular flexibility index (Phi) is 3.14. The monoisotopic (exact) mass is 184 g/mol. The summed E-state index contributed by atoms with van der Waals surface area (Å²) in [5.41, 5.74) is 1.34. The summed E-state index contributed by atoms with van der Waals surface area (Å²) >= 11 is 0. The van der Waals surface area contributed by atoms with Gasteiger partial charge in [-0.15, -0.1) is 0 Å². The molecule has 1 aliphatic carbocycles. The molecule has 2 atom stereocenters. The summed E-state index contributed by atoms with van der Waals surface area (Å²) in [4.78, 5) is 0. The van der Waals surface area contributed by atoms with Gasteiger partial charge in [0.25, 0.3) is 0 Å². The van der Waals surface area contributed by atoms with Crippen LogP contribution in [0.25, 0.3) is 0 Å². The van der Waals surface area contributed by atoms with E-state index in [1.165, 1.54) is 5.57 Å². The van der Waals surface area contributed by atoms with Crippen molar-refractivity contribution in [1.29, 1.82) is 0 Å². The molecule has 0 aliphatic heterocycles. The van der Waals surface area contributed by atoms with Crippen molar-refractivity contribution >= 4 is 0 Å². The molecule has 0 aromatic carbocycles. The van der Waals surface area contributed by atoms with Crippen LogP contribution in [0, 0.1) is 5.41 Å². The number of rotatable bonds is 0. The van der Waals surface area contributed by atoms with Crippen molar-refractivity contribution in [2.24, 2.45) is 5.41 Å². The maximum absolute atomic E-state index is 9.45. The first-order valence-electron chi connectivity index (χ1n) is 4.93. The van der Waals surface area contributed by atoms with E-state index in [-0.39, 0.29) is 17.6 Å². The number of aliphatic hydroxyl groups is 2. The molecule has 0 amide bonds. The first-order valence-corrected chi connectivity index (χ1v) is 4.93. The van der Waals surface area contributed by atoms with Crippen molar-refractivity contribution in [3.8, 4) is 0 Å². The second-order valence-corrected chi connectivity index (χ2v) is 5.12. The quantitative estimate of drug-likeness (QED) is 0.564. The van der Waals surface area contributed by atoms with Crippen LogP contribution < -0.4 is 0 Å². The van der Waals surface area contributed by atoms with Gasteiger partial charge < -0.3 is 10.2 Å². The van der Waals surface area contributed by atoms with Gasteiger partial charge in [0, 0.05) is 0 Å². The maximum Gasteiger partial charge on any atom is 0.0602 e. The molecule has 0 radical (unpaired) electrons. The standard InChI is InChI=1S/C11H20O2/c1-11(2,3)7-8-4-9(12)6-10(13)5-8/h7,9-10,12-13H,4-6H2,1-3H3/b8-7-/t9-,10+/m0/s1. The second kappa shape index (κ2) is 3.81. The van der Waals surface area contributed by atoms with Gasteiger partial charge >= 0.3 is 0 Å². The molecule has 0 aromatic heterocycles. The fraction of sp³-hybridized carbons (Fsp3) is 0.818. The summed E-state index contributed by atoms with van der Waals surface area (Å²) in [6, 6.07) is 0. The highest BCUT2D eigenvalue weighted by atomic mass is 16.3. The molecule has 0 heterocycles. The van der Waals surface area contributed by atoms with Crippen molar-refractivity contribution in [2.45, 2.75) is 52.2 Å². The highest BCUT2D eigenvalue weighted by molar-refractivity contribution is 5.11. The van der Waals surface area contributed by atoms with Crippen molar-refractivity contribution in [3.63, 3.8) is 0 Å². The van der Waals surface area contributed by atoms with Crippen LogP contribution in [-0.4, -0.2) is 22.4 Å². The Morgan fingerprint density at radius 3 is 2.00 bits per heavy atom. The summed E-state index contributed by atoms with van der Waals surface area (Å²) in [5.74, 6) is 0. The third kappa shape index (κ3) is 3.92. The molecular formula is C11H20O2. The molecular weight excluding hydrogens is 164 g/mol. The summed E-state index contributed by atoms with van der Waals surface area (Å²) in [5, 5.41) is 18.9. The lowest BCUT2D eigenvalue weighted by molar-refractivity contribution is 0.0604. The van der Waals surface area contributed by atoms with Crippen LogP contribution in [0.2, 0.25) is 0 Å². The van der Waals surface area contributed by atoms with E-state index >= 15 is 0 Å². The number of allylic oxidation sites excluding steroid dienone is 1. The van der Waals surface area contributed by atoms with Crippen LogP contribution >= 0.6 is 0 Å². The van der Waals surface area contributed by atoms with Crippen LogP contribution in [0.1, 0.15) is 40.0 Å². The first kappa shape index (κ1) is 10.7. The van der Waals surface area contributed by atoms with E-state index in [0.29, 0.717) is 6.42 Å². The Morgan fingerprint density at radius 2 is 1.62 bits per heavy atom. The SMILES string of the molecule is CC(C)(C)/C=C1\C[C@@H](O)C[C@@H](O)C1. The van der Waals surface area contributed by atoms with Gasteiger partial charge in [-0.05, 0) is 24.7 Å². The zero-order valence-electron chi connectivity index (χ0n) is 8.75. The Morgan fingerprint density at radius 1 is 1.15 bits per heavy atom. The number of aliphatic hydroxyl groups excluding tert-OH is 2. The molecule has 0 spiro atoms. The minimum atomic E-state index is -0.350. The summed E-state index contributed by atoms with van der Waals surface area (Å²) < 4.78 is 0. The van der Waals surface area contributed by atoms with Crippen LogP contribution in [0.5, 0.6) is 0 Å². The molecule has 1 fully saturated rings. The fourth-order valence-corrected chi connectivity index (χ4v) is 1.90. The average Bonchev–Trinajstić information content (AvgIpc) is 1.78. The smallest absolute Gasteiger partial charge is 0.0602 e.